The molecule has 0 radical (unpaired) electrons. The van der Waals surface area contributed by atoms with Gasteiger partial charge >= 0.3 is 0 Å². The van der Waals surface area contributed by atoms with E-state index in [0.29, 0.717) is 5.92 Å². The average molecular weight is 346 g/mol. The molecule has 24 heavy (non-hydrogen) atoms. The summed E-state index contributed by atoms with van der Waals surface area (Å²) in [7, 11) is 0. The van der Waals surface area contributed by atoms with E-state index in [1.165, 1.54) is 37.0 Å². The number of amides is 1. The Balaban J connectivity index is 1.54. The lowest BCUT2D eigenvalue weighted by molar-refractivity contribution is 0.0918. The molecule has 2 aliphatic rings. The van der Waals surface area contributed by atoms with Gasteiger partial charge in [0.15, 0.2) is 0 Å². The van der Waals surface area contributed by atoms with Crippen molar-refractivity contribution in [1.29, 1.82) is 0 Å². The summed E-state index contributed by atoms with van der Waals surface area (Å²) in [6, 6.07) is 0.254. The summed E-state index contributed by atoms with van der Waals surface area (Å²) in [4.78, 5) is 14.4. The van der Waals surface area contributed by atoms with Gasteiger partial charge in [-0.2, -0.15) is 0 Å². The van der Waals surface area contributed by atoms with E-state index >= 15 is 0 Å². The largest absolute Gasteiger partial charge is 0.349 e. The molecule has 2 bridgehead atoms. The maximum atomic E-state index is 12.8. The number of nitrogens with one attached hydrogen (secondary N) is 1. The number of aryl methyl sites for hydroxylation is 1. The van der Waals surface area contributed by atoms with Crippen LogP contribution in [-0.2, 0) is 0 Å². The van der Waals surface area contributed by atoms with Crippen molar-refractivity contribution in [2.45, 2.75) is 65.3 Å². The first-order chi connectivity index (χ1) is 11.5. The van der Waals surface area contributed by atoms with Crippen molar-refractivity contribution in [3.63, 3.8) is 0 Å². The fourth-order valence-electron chi connectivity index (χ4n) is 4.80. The summed E-state index contributed by atoms with van der Waals surface area (Å²) >= 11 is 1.45. The third-order valence-electron chi connectivity index (χ3n) is 6.03. The second kappa shape index (κ2) is 5.83. The fraction of sp³-hybridized carbons (Fsp3) is 0.722. The van der Waals surface area contributed by atoms with Crippen molar-refractivity contribution < 1.29 is 4.79 Å². The highest BCUT2D eigenvalue weighted by molar-refractivity contribution is 7.19. The maximum absolute atomic E-state index is 12.8. The Morgan fingerprint density at radius 3 is 2.67 bits per heavy atom. The lowest BCUT2D eigenvalue weighted by Gasteiger charge is -2.28. The monoisotopic (exact) mass is 346 g/mol. The molecule has 0 spiro atoms. The molecule has 1 amide bonds. The molecule has 2 fully saturated rings. The first-order valence-electron chi connectivity index (χ1n) is 9.11. The predicted octanol–water partition coefficient (Wildman–Crippen LogP) is 3.78. The SMILES string of the molecule is Cc1c(C(=O)NC(C)C2CC3CCC2C3)sc2nnc(C(C)C)n12. The zero-order valence-electron chi connectivity index (χ0n) is 14.9. The standard InChI is InChI=1S/C18H26N4OS/c1-9(2)16-20-21-18-22(16)11(4)15(24-18)17(23)19-10(3)14-8-12-5-6-13(14)7-12/h9-10,12-14H,5-8H2,1-4H3,(H,19,23). The molecule has 2 aromatic rings. The van der Waals surface area contributed by atoms with Gasteiger partial charge in [-0.1, -0.05) is 31.6 Å². The zero-order valence-corrected chi connectivity index (χ0v) is 15.7. The minimum absolute atomic E-state index is 0.0491. The highest BCUT2D eigenvalue weighted by Crippen LogP contribution is 2.49. The fourth-order valence-corrected chi connectivity index (χ4v) is 5.78. The molecular weight excluding hydrogens is 320 g/mol. The molecule has 2 aliphatic carbocycles. The molecule has 4 rings (SSSR count). The molecule has 5 nitrogen and oxygen atoms in total. The molecule has 4 atom stereocenters. The number of nitrogens with zero attached hydrogens (tertiary/aromatic N) is 3. The number of fused-ring (bicyclic) bond motifs is 3. The smallest absolute Gasteiger partial charge is 0.263 e. The third-order valence-corrected chi connectivity index (χ3v) is 7.16. The molecule has 2 aromatic heterocycles. The highest BCUT2D eigenvalue weighted by atomic mass is 32.1. The van der Waals surface area contributed by atoms with Crippen LogP contribution in [0.3, 0.4) is 0 Å². The molecule has 1 N–H and O–H groups in total. The van der Waals surface area contributed by atoms with Crippen LogP contribution in [0.2, 0.25) is 0 Å². The van der Waals surface area contributed by atoms with Crippen molar-refractivity contribution in [1.82, 2.24) is 19.9 Å². The van der Waals surface area contributed by atoms with Gasteiger partial charge in [0.1, 0.15) is 10.7 Å². The summed E-state index contributed by atoms with van der Waals surface area (Å²) in [5, 5.41) is 11.8. The van der Waals surface area contributed by atoms with Gasteiger partial charge in [0.2, 0.25) is 4.96 Å². The van der Waals surface area contributed by atoms with E-state index in [-0.39, 0.29) is 17.9 Å². The van der Waals surface area contributed by atoms with Crippen molar-refractivity contribution in [3.05, 3.63) is 16.4 Å². The van der Waals surface area contributed by atoms with Crippen molar-refractivity contribution >= 4 is 22.2 Å². The highest BCUT2D eigenvalue weighted by Gasteiger charge is 2.42. The van der Waals surface area contributed by atoms with E-state index in [0.717, 1.165) is 33.2 Å². The normalized spacial score (nSPS) is 27.3. The molecule has 4 unspecified atom stereocenters. The minimum Gasteiger partial charge on any atom is -0.349 e. The third kappa shape index (κ3) is 2.46. The Bertz CT molecular complexity index is 777. The van der Waals surface area contributed by atoms with Gasteiger partial charge in [0.05, 0.1) is 0 Å². The Morgan fingerprint density at radius 1 is 1.25 bits per heavy atom. The molecular formula is C18H26N4OS. The summed E-state index contributed by atoms with van der Waals surface area (Å²) < 4.78 is 2.03. The Morgan fingerprint density at radius 2 is 2.04 bits per heavy atom. The lowest BCUT2D eigenvalue weighted by atomic mass is 9.84. The Kier molecular flexibility index (Phi) is 3.90. The Hall–Kier alpha value is -1.43. The van der Waals surface area contributed by atoms with Crippen LogP contribution in [0.5, 0.6) is 0 Å². The molecule has 6 heteroatoms. The Labute approximate surface area is 146 Å². The second-order valence-corrected chi connectivity index (χ2v) is 8.93. The van der Waals surface area contributed by atoms with Crippen LogP contribution in [0.1, 0.15) is 73.6 Å². The first-order valence-corrected chi connectivity index (χ1v) is 9.92. The second-order valence-electron chi connectivity index (χ2n) is 7.95. The van der Waals surface area contributed by atoms with E-state index in [9.17, 15) is 4.79 Å². The molecule has 130 valence electrons. The van der Waals surface area contributed by atoms with E-state index in [1.807, 2.05) is 11.3 Å². The van der Waals surface area contributed by atoms with Crippen molar-refractivity contribution in [2.24, 2.45) is 17.8 Å². The van der Waals surface area contributed by atoms with Gasteiger partial charge in [-0.3, -0.25) is 9.20 Å². The van der Waals surface area contributed by atoms with Gasteiger partial charge < -0.3 is 5.32 Å². The molecule has 0 aromatic carbocycles. The summed E-state index contributed by atoms with van der Waals surface area (Å²) in [5.74, 6) is 3.66. The van der Waals surface area contributed by atoms with E-state index in [4.69, 9.17) is 0 Å². The lowest BCUT2D eigenvalue weighted by Crippen LogP contribution is -2.40. The number of hydrogen-bond donors (Lipinski definition) is 1. The van der Waals surface area contributed by atoms with Crippen LogP contribution >= 0.6 is 11.3 Å². The average Bonchev–Trinajstić information content (AvgIpc) is 3.27. The van der Waals surface area contributed by atoms with Gasteiger partial charge in [-0.05, 0) is 50.9 Å². The number of rotatable bonds is 4. The van der Waals surface area contributed by atoms with Gasteiger partial charge in [0.25, 0.3) is 5.91 Å². The first kappa shape index (κ1) is 16.1. The zero-order chi connectivity index (χ0) is 17.0. The van der Waals surface area contributed by atoms with E-state index in [1.54, 1.807) is 0 Å². The van der Waals surface area contributed by atoms with Crippen LogP contribution in [0.4, 0.5) is 0 Å². The summed E-state index contributed by atoms with van der Waals surface area (Å²) in [6.45, 7) is 8.38. The number of aromatic nitrogens is 3. The van der Waals surface area contributed by atoms with Crippen LogP contribution in [0.25, 0.3) is 4.96 Å². The molecule has 2 heterocycles. The van der Waals surface area contributed by atoms with Gasteiger partial charge in [-0.25, -0.2) is 0 Å². The van der Waals surface area contributed by atoms with Gasteiger partial charge in [-0.15, -0.1) is 10.2 Å². The number of carbonyl (C=O) groups excluding carboxylic acids is 1. The van der Waals surface area contributed by atoms with Crippen molar-refractivity contribution in [3.8, 4) is 0 Å². The minimum atomic E-state index is 0.0491. The number of thiazole rings is 1. The van der Waals surface area contributed by atoms with E-state index < -0.39 is 0 Å². The quantitative estimate of drug-likeness (QED) is 0.916. The van der Waals surface area contributed by atoms with Crippen LogP contribution in [0.15, 0.2) is 0 Å². The van der Waals surface area contributed by atoms with Crippen LogP contribution < -0.4 is 5.32 Å². The van der Waals surface area contributed by atoms with Crippen molar-refractivity contribution in [2.75, 3.05) is 0 Å². The summed E-state index contributed by atoms with van der Waals surface area (Å²) in [6.07, 6.45) is 5.42. The molecule has 0 aliphatic heterocycles. The molecule has 2 saturated carbocycles. The predicted molar refractivity (Wildman–Crippen MR) is 95.6 cm³/mol. The molecule has 0 saturated heterocycles. The maximum Gasteiger partial charge on any atom is 0.263 e. The van der Waals surface area contributed by atoms with Crippen LogP contribution in [-0.4, -0.2) is 26.5 Å². The number of carbonyl (C=O) groups is 1. The summed E-state index contributed by atoms with van der Waals surface area (Å²) in [5.41, 5.74) is 0.960. The van der Waals surface area contributed by atoms with Crippen LogP contribution in [0, 0.1) is 24.7 Å². The van der Waals surface area contributed by atoms with E-state index in [2.05, 4.69) is 36.3 Å². The topological polar surface area (TPSA) is 59.3 Å². The number of hydrogen-bond acceptors (Lipinski definition) is 4. The van der Waals surface area contributed by atoms with Gasteiger partial charge in [0, 0.05) is 17.7 Å².